The van der Waals surface area contributed by atoms with E-state index < -0.39 is 0 Å². The Morgan fingerprint density at radius 3 is 2.60 bits per heavy atom. The molecule has 0 saturated carbocycles. The fourth-order valence-corrected chi connectivity index (χ4v) is 1.48. The first kappa shape index (κ1) is 12.1. The van der Waals surface area contributed by atoms with E-state index in [0.717, 1.165) is 24.1 Å². The number of nitrogens with one attached hydrogen (secondary N) is 1. The molecule has 0 heterocycles. The summed E-state index contributed by atoms with van der Waals surface area (Å²) in [5.41, 5.74) is 1.80. The molecule has 2 nitrogen and oxygen atoms in total. The van der Waals surface area contributed by atoms with E-state index in [1.807, 2.05) is 38.2 Å². The normalized spacial score (nSPS) is 11.0. The zero-order valence-electron chi connectivity index (χ0n) is 9.68. The van der Waals surface area contributed by atoms with Crippen LogP contribution in [0.2, 0.25) is 0 Å². The molecule has 1 aromatic carbocycles. The molecule has 0 bridgehead atoms. The largest absolute Gasteiger partial charge is 0.319 e. The zero-order valence-corrected chi connectivity index (χ0v) is 9.68. The van der Waals surface area contributed by atoms with Crippen LogP contribution in [0, 0.1) is 5.82 Å². The predicted molar refractivity (Wildman–Crippen MR) is 61.4 cm³/mol. The van der Waals surface area contributed by atoms with E-state index in [-0.39, 0.29) is 5.82 Å². The van der Waals surface area contributed by atoms with E-state index in [0.29, 0.717) is 6.54 Å². The minimum atomic E-state index is -0.0997. The molecule has 0 fully saturated rings. The lowest BCUT2D eigenvalue weighted by molar-refractivity contribution is 0.392. The lowest BCUT2D eigenvalue weighted by Crippen LogP contribution is -2.13. The van der Waals surface area contributed by atoms with Crippen molar-refractivity contribution in [2.45, 2.75) is 13.0 Å². The maximum Gasteiger partial charge on any atom is 0.127 e. The van der Waals surface area contributed by atoms with Gasteiger partial charge in [0.1, 0.15) is 5.82 Å². The SMILES string of the molecule is CNCCc1ccc(CN(C)C)c(F)c1. The molecule has 0 unspecified atom stereocenters. The highest BCUT2D eigenvalue weighted by molar-refractivity contribution is 5.24. The third-order valence-electron chi connectivity index (χ3n) is 2.27. The van der Waals surface area contributed by atoms with Gasteiger partial charge in [-0.1, -0.05) is 12.1 Å². The monoisotopic (exact) mass is 210 g/mol. The first-order valence-electron chi connectivity index (χ1n) is 5.20. The molecule has 1 aromatic rings. The second kappa shape index (κ2) is 5.83. The minimum Gasteiger partial charge on any atom is -0.319 e. The molecule has 0 aliphatic heterocycles. The standard InChI is InChI=1S/C12H19FN2/c1-14-7-6-10-4-5-11(9-15(2)3)12(13)8-10/h4-5,8,14H,6-7,9H2,1-3H3. The fourth-order valence-electron chi connectivity index (χ4n) is 1.48. The molecule has 1 N–H and O–H groups in total. The van der Waals surface area contributed by atoms with Crippen LogP contribution in [0.3, 0.4) is 0 Å². The van der Waals surface area contributed by atoms with Gasteiger partial charge in [-0.15, -0.1) is 0 Å². The Balaban J connectivity index is 2.70. The van der Waals surface area contributed by atoms with Gasteiger partial charge in [-0.25, -0.2) is 4.39 Å². The van der Waals surface area contributed by atoms with Crippen LogP contribution in [0.25, 0.3) is 0 Å². The Labute approximate surface area is 91.1 Å². The van der Waals surface area contributed by atoms with Crippen molar-refractivity contribution in [2.24, 2.45) is 0 Å². The summed E-state index contributed by atoms with van der Waals surface area (Å²) in [7, 11) is 5.78. The molecule has 0 amide bonds. The van der Waals surface area contributed by atoms with E-state index in [1.165, 1.54) is 0 Å². The van der Waals surface area contributed by atoms with Crippen molar-refractivity contribution in [2.75, 3.05) is 27.7 Å². The molecule has 1 rings (SSSR count). The van der Waals surface area contributed by atoms with Gasteiger partial charge in [-0.3, -0.25) is 0 Å². The highest BCUT2D eigenvalue weighted by Crippen LogP contribution is 2.12. The second-order valence-electron chi connectivity index (χ2n) is 4.02. The van der Waals surface area contributed by atoms with Crippen molar-refractivity contribution in [3.8, 4) is 0 Å². The topological polar surface area (TPSA) is 15.3 Å². The van der Waals surface area contributed by atoms with Crippen LogP contribution in [-0.2, 0) is 13.0 Å². The van der Waals surface area contributed by atoms with E-state index in [2.05, 4.69) is 5.32 Å². The van der Waals surface area contributed by atoms with Crippen LogP contribution in [0.5, 0.6) is 0 Å². The van der Waals surface area contributed by atoms with Gasteiger partial charge in [-0.2, -0.15) is 0 Å². The van der Waals surface area contributed by atoms with Crippen molar-refractivity contribution in [3.05, 3.63) is 35.1 Å². The molecule has 0 saturated heterocycles. The first-order valence-corrected chi connectivity index (χ1v) is 5.20. The number of halogens is 1. The second-order valence-corrected chi connectivity index (χ2v) is 4.02. The van der Waals surface area contributed by atoms with Crippen LogP contribution in [0.15, 0.2) is 18.2 Å². The maximum absolute atomic E-state index is 13.6. The third-order valence-corrected chi connectivity index (χ3v) is 2.27. The Morgan fingerprint density at radius 1 is 1.33 bits per heavy atom. The molecule has 15 heavy (non-hydrogen) atoms. The lowest BCUT2D eigenvalue weighted by Gasteiger charge is -2.11. The average molecular weight is 210 g/mol. The quantitative estimate of drug-likeness (QED) is 0.795. The summed E-state index contributed by atoms with van der Waals surface area (Å²) in [4.78, 5) is 1.96. The van der Waals surface area contributed by atoms with Crippen LogP contribution in [-0.4, -0.2) is 32.6 Å². The molecule has 0 radical (unpaired) electrons. The van der Waals surface area contributed by atoms with Crippen molar-refractivity contribution in [1.29, 1.82) is 0 Å². The van der Waals surface area contributed by atoms with Gasteiger partial charge in [0.05, 0.1) is 0 Å². The number of likely N-dealkylation sites (N-methyl/N-ethyl adjacent to an activating group) is 1. The molecule has 84 valence electrons. The minimum absolute atomic E-state index is 0.0997. The number of benzene rings is 1. The maximum atomic E-state index is 13.6. The highest BCUT2D eigenvalue weighted by atomic mass is 19.1. The van der Waals surface area contributed by atoms with Gasteiger partial charge < -0.3 is 10.2 Å². The van der Waals surface area contributed by atoms with Crippen LogP contribution in [0.1, 0.15) is 11.1 Å². The number of nitrogens with zero attached hydrogens (tertiary/aromatic N) is 1. The summed E-state index contributed by atoms with van der Waals surface area (Å²) in [6, 6.07) is 5.51. The lowest BCUT2D eigenvalue weighted by atomic mass is 10.1. The molecular weight excluding hydrogens is 191 g/mol. The predicted octanol–water partition coefficient (Wildman–Crippen LogP) is 1.65. The third kappa shape index (κ3) is 3.98. The van der Waals surface area contributed by atoms with E-state index in [9.17, 15) is 4.39 Å². The molecule has 3 heteroatoms. The number of rotatable bonds is 5. The van der Waals surface area contributed by atoms with Crippen molar-refractivity contribution < 1.29 is 4.39 Å². The molecule has 0 aliphatic carbocycles. The molecular formula is C12H19FN2. The number of hydrogen-bond donors (Lipinski definition) is 1. The van der Waals surface area contributed by atoms with Gasteiger partial charge in [0.25, 0.3) is 0 Å². The van der Waals surface area contributed by atoms with Gasteiger partial charge in [0.2, 0.25) is 0 Å². The molecule has 0 atom stereocenters. The Hall–Kier alpha value is -0.930. The zero-order chi connectivity index (χ0) is 11.3. The fraction of sp³-hybridized carbons (Fsp3) is 0.500. The van der Waals surface area contributed by atoms with Crippen LogP contribution in [0.4, 0.5) is 4.39 Å². The van der Waals surface area contributed by atoms with Crippen molar-refractivity contribution in [3.63, 3.8) is 0 Å². The van der Waals surface area contributed by atoms with Crippen molar-refractivity contribution >= 4 is 0 Å². The average Bonchev–Trinajstić information content (AvgIpc) is 2.18. The van der Waals surface area contributed by atoms with Gasteiger partial charge in [-0.05, 0) is 45.7 Å². The van der Waals surface area contributed by atoms with E-state index in [1.54, 1.807) is 6.07 Å². The first-order chi connectivity index (χ1) is 7.13. The van der Waals surface area contributed by atoms with Crippen molar-refractivity contribution in [1.82, 2.24) is 10.2 Å². The summed E-state index contributed by atoms with van der Waals surface area (Å²) in [6.45, 7) is 1.53. The number of hydrogen-bond acceptors (Lipinski definition) is 2. The van der Waals surface area contributed by atoms with E-state index in [4.69, 9.17) is 0 Å². The smallest absolute Gasteiger partial charge is 0.127 e. The Kier molecular flexibility index (Phi) is 4.72. The van der Waals surface area contributed by atoms with Crippen LogP contribution < -0.4 is 5.32 Å². The summed E-state index contributed by atoms with van der Waals surface area (Å²) in [6.07, 6.45) is 0.871. The van der Waals surface area contributed by atoms with Gasteiger partial charge in [0, 0.05) is 12.1 Å². The van der Waals surface area contributed by atoms with Crippen LogP contribution >= 0.6 is 0 Å². The summed E-state index contributed by atoms with van der Waals surface area (Å²) in [5, 5.41) is 3.05. The summed E-state index contributed by atoms with van der Waals surface area (Å²) >= 11 is 0. The summed E-state index contributed by atoms with van der Waals surface area (Å²) in [5.74, 6) is -0.0997. The van der Waals surface area contributed by atoms with Gasteiger partial charge in [0.15, 0.2) is 0 Å². The Bertz CT molecular complexity index is 310. The van der Waals surface area contributed by atoms with Gasteiger partial charge >= 0.3 is 0 Å². The Morgan fingerprint density at radius 2 is 2.07 bits per heavy atom. The van der Waals surface area contributed by atoms with E-state index >= 15 is 0 Å². The molecule has 0 aromatic heterocycles. The molecule has 0 aliphatic rings. The summed E-state index contributed by atoms with van der Waals surface area (Å²) < 4.78 is 13.6. The molecule has 0 spiro atoms. The highest BCUT2D eigenvalue weighted by Gasteiger charge is 2.04.